The number of carbonyl (C=O) groups is 4. The first-order valence-electron chi connectivity index (χ1n) is 10.8. The van der Waals surface area contributed by atoms with E-state index >= 15 is 0 Å². The van der Waals surface area contributed by atoms with Crippen molar-refractivity contribution in [2.24, 2.45) is 11.5 Å². The Balaban J connectivity index is 2.02. The van der Waals surface area contributed by atoms with Gasteiger partial charge in [-0.25, -0.2) is 4.79 Å². The number of H-pyrrole nitrogens is 1. The third kappa shape index (κ3) is 7.88. The fourth-order valence-electron chi connectivity index (χ4n) is 3.32. The van der Waals surface area contributed by atoms with E-state index in [0.717, 1.165) is 16.5 Å². The van der Waals surface area contributed by atoms with Crippen LogP contribution in [0.5, 0.6) is 0 Å². The Morgan fingerprint density at radius 2 is 1.79 bits per heavy atom. The van der Waals surface area contributed by atoms with Gasteiger partial charge in [0, 0.05) is 23.5 Å². The molecule has 0 spiro atoms. The van der Waals surface area contributed by atoms with E-state index in [1.54, 1.807) is 6.20 Å². The number of benzene rings is 1. The first-order chi connectivity index (χ1) is 15.7. The molecule has 0 aliphatic rings. The summed E-state index contributed by atoms with van der Waals surface area (Å²) in [5, 5.41) is 17.7. The smallest absolute Gasteiger partial charge is 0.326 e. The summed E-state index contributed by atoms with van der Waals surface area (Å²) in [6, 6.07) is 4.67. The van der Waals surface area contributed by atoms with Gasteiger partial charge in [0.2, 0.25) is 17.7 Å². The molecule has 3 amide bonds. The van der Waals surface area contributed by atoms with Crippen LogP contribution in [0, 0.1) is 0 Å². The molecule has 1 heterocycles. The number of carbonyl (C=O) groups excluding carboxylic acids is 3. The minimum Gasteiger partial charge on any atom is -0.480 e. The second kappa shape index (κ2) is 12.6. The summed E-state index contributed by atoms with van der Waals surface area (Å²) in [7, 11) is 0. The molecule has 3 atom stereocenters. The minimum atomic E-state index is -1.16. The molecule has 180 valence electrons. The quantitative estimate of drug-likeness (QED) is 0.193. The molecule has 33 heavy (non-hydrogen) atoms. The lowest BCUT2D eigenvalue weighted by Gasteiger charge is -2.20. The number of rotatable bonds is 13. The number of nitrogens with two attached hydrogens (primary N) is 2. The Hall–Kier alpha value is -3.44. The van der Waals surface area contributed by atoms with Gasteiger partial charge >= 0.3 is 5.97 Å². The lowest BCUT2D eigenvalue weighted by molar-refractivity contribution is -0.142. The van der Waals surface area contributed by atoms with Crippen LogP contribution >= 0.6 is 0 Å². The van der Waals surface area contributed by atoms with E-state index in [4.69, 9.17) is 11.5 Å². The van der Waals surface area contributed by atoms with E-state index in [2.05, 4.69) is 20.9 Å². The van der Waals surface area contributed by atoms with Crippen molar-refractivity contribution in [3.63, 3.8) is 0 Å². The zero-order valence-electron chi connectivity index (χ0n) is 18.6. The van der Waals surface area contributed by atoms with Gasteiger partial charge in [0.05, 0.1) is 12.6 Å². The van der Waals surface area contributed by atoms with Crippen molar-refractivity contribution in [2.45, 2.75) is 50.7 Å². The number of carboxylic acids is 1. The highest BCUT2D eigenvalue weighted by Gasteiger charge is 2.25. The predicted molar refractivity (Wildman–Crippen MR) is 123 cm³/mol. The lowest BCUT2D eigenvalue weighted by atomic mass is 10.0. The summed E-state index contributed by atoms with van der Waals surface area (Å²) in [5.41, 5.74) is 12.7. The Bertz CT molecular complexity index is 973. The van der Waals surface area contributed by atoms with E-state index < -0.39 is 48.4 Å². The molecule has 0 aliphatic heterocycles. The Kier molecular flexibility index (Phi) is 9.83. The van der Waals surface area contributed by atoms with Gasteiger partial charge in [0.1, 0.15) is 12.1 Å². The van der Waals surface area contributed by atoms with Crippen molar-refractivity contribution >= 4 is 34.6 Å². The van der Waals surface area contributed by atoms with E-state index in [1.165, 1.54) is 6.92 Å². The van der Waals surface area contributed by atoms with E-state index in [0.29, 0.717) is 19.4 Å². The van der Waals surface area contributed by atoms with Crippen molar-refractivity contribution < 1.29 is 24.3 Å². The zero-order chi connectivity index (χ0) is 24.4. The van der Waals surface area contributed by atoms with E-state index in [-0.39, 0.29) is 12.8 Å². The lowest BCUT2D eigenvalue weighted by Crippen LogP contribution is -2.53. The van der Waals surface area contributed by atoms with Crippen LogP contribution in [0.2, 0.25) is 0 Å². The number of aromatic amines is 1. The van der Waals surface area contributed by atoms with Crippen LogP contribution in [0.15, 0.2) is 30.5 Å². The van der Waals surface area contributed by atoms with Gasteiger partial charge in [-0.05, 0) is 44.4 Å². The maximum absolute atomic E-state index is 12.8. The second-order valence-corrected chi connectivity index (χ2v) is 7.87. The SMILES string of the molecule is CC(N)C(=O)NC(Cc1c[nH]c2ccccc12)C(=O)NCC(=O)NC(CCCCN)C(=O)O. The monoisotopic (exact) mass is 460 g/mol. The fraction of sp³-hybridized carbons (Fsp3) is 0.455. The number of unbranched alkanes of at least 4 members (excludes halogenated alkanes) is 1. The number of amides is 3. The van der Waals surface area contributed by atoms with Crippen molar-refractivity contribution in [2.75, 3.05) is 13.1 Å². The summed E-state index contributed by atoms with van der Waals surface area (Å²) < 4.78 is 0. The summed E-state index contributed by atoms with van der Waals surface area (Å²) in [6.45, 7) is 1.50. The van der Waals surface area contributed by atoms with Gasteiger partial charge < -0.3 is 37.5 Å². The molecule has 1 aromatic carbocycles. The third-order valence-electron chi connectivity index (χ3n) is 5.15. The van der Waals surface area contributed by atoms with Crippen LogP contribution in [-0.4, -0.2) is 65.0 Å². The summed E-state index contributed by atoms with van der Waals surface area (Å²) in [5.74, 6) is -2.90. The topological polar surface area (TPSA) is 192 Å². The average Bonchev–Trinajstić information content (AvgIpc) is 3.19. The molecule has 2 rings (SSSR count). The highest BCUT2D eigenvalue weighted by molar-refractivity contribution is 5.93. The van der Waals surface area contributed by atoms with Gasteiger partial charge in [0.25, 0.3) is 0 Å². The van der Waals surface area contributed by atoms with Crippen molar-refractivity contribution in [1.82, 2.24) is 20.9 Å². The van der Waals surface area contributed by atoms with Gasteiger partial charge in [-0.15, -0.1) is 0 Å². The standard InChI is InChI=1S/C22H32N6O5/c1-13(24)20(30)28-18(10-14-11-25-16-7-3-2-6-15(14)16)21(31)26-12-19(29)27-17(22(32)33)8-4-5-9-23/h2-3,6-7,11,13,17-18,25H,4-5,8-10,12,23-24H2,1H3,(H,26,31)(H,27,29)(H,28,30)(H,32,33). The third-order valence-corrected chi connectivity index (χ3v) is 5.15. The number of nitrogens with one attached hydrogen (secondary N) is 4. The van der Waals surface area contributed by atoms with E-state index in [1.807, 2.05) is 24.3 Å². The first-order valence-corrected chi connectivity index (χ1v) is 10.8. The van der Waals surface area contributed by atoms with Gasteiger partial charge in [0.15, 0.2) is 0 Å². The van der Waals surface area contributed by atoms with Gasteiger partial charge in [-0.3, -0.25) is 14.4 Å². The van der Waals surface area contributed by atoms with Gasteiger partial charge in [-0.2, -0.15) is 0 Å². The highest BCUT2D eigenvalue weighted by atomic mass is 16.4. The summed E-state index contributed by atoms with van der Waals surface area (Å²) in [6.07, 6.45) is 3.36. The van der Waals surface area contributed by atoms with E-state index in [9.17, 15) is 24.3 Å². The van der Waals surface area contributed by atoms with Crippen molar-refractivity contribution in [3.05, 3.63) is 36.0 Å². The van der Waals surface area contributed by atoms with Crippen LogP contribution in [0.4, 0.5) is 0 Å². The molecule has 0 saturated heterocycles. The normalized spacial score (nSPS) is 13.7. The summed E-state index contributed by atoms with van der Waals surface area (Å²) in [4.78, 5) is 51.6. The molecular formula is C22H32N6O5. The minimum absolute atomic E-state index is 0.173. The second-order valence-electron chi connectivity index (χ2n) is 7.87. The van der Waals surface area contributed by atoms with Crippen LogP contribution in [0.1, 0.15) is 31.7 Å². The zero-order valence-corrected chi connectivity index (χ0v) is 18.6. The Labute approximate surface area is 191 Å². The first kappa shape index (κ1) is 25.8. The summed E-state index contributed by atoms with van der Waals surface area (Å²) >= 11 is 0. The molecule has 9 N–H and O–H groups in total. The Morgan fingerprint density at radius 1 is 1.06 bits per heavy atom. The highest BCUT2D eigenvalue weighted by Crippen LogP contribution is 2.19. The molecule has 11 heteroatoms. The maximum atomic E-state index is 12.8. The molecular weight excluding hydrogens is 428 g/mol. The number of carboxylic acid groups (broad SMARTS) is 1. The average molecular weight is 461 g/mol. The van der Waals surface area contributed by atoms with Crippen LogP contribution in [0.25, 0.3) is 10.9 Å². The molecule has 2 aromatic rings. The number of hydrogen-bond acceptors (Lipinski definition) is 6. The molecule has 11 nitrogen and oxygen atoms in total. The fourth-order valence-corrected chi connectivity index (χ4v) is 3.32. The predicted octanol–water partition coefficient (Wildman–Crippen LogP) is -0.643. The van der Waals surface area contributed by atoms with Crippen LogP contribution in [-0.2, 0) is 25.6 Å². The number of aromatic nitrogens is 1. The van der Waals surface area contributed by atoms with Crippen molar-refractivity contribution in [1.29, 1.82) is 0 Å². The molecule has 0 bridgehead atoms. The maximum Gasteiger partial charge on any atom is 0.326 e. The molecule has 0 saturated carbocycles. The Morgan fingerprint density at radius 3 is 2.45 bits per heavy atom. The van der Waals surface area contributed by atoms with Crippen LogP contribution < -0.4 is 27.4 Å². The molecule has 0 fully saturated rings. The molecule has 1 aromatic heterocycles. The number of hydrogen-bond donors (Lipinski definition) is 7. The largest absolute Gasteiger partial charge is 0.480 e. The van der Waals surface area contributed by atoms with Crippen LogP contribution in [0.3, 0.4) is 0 Å². The number of fused-ring (bicyclic) bond motifs is 1. The molecule has 0 radical (unpaired) electrons. The molecule has 0 aliphatic carbocycles. The number of para-hydroxylation sites is 1. The number of aliphatic carboxylic acids is 1. The molecule has 3 unspecified atom stereocenters. The van der Waals surface area contributed by atoms with Crippen molar-refractivity contribution in [3.8, 4) is 0 Å². The van der Waals surface area contributed by atoms with Gasteiger partial charge in [-0.1, -0.05) is 18.2 Å².